The summed E-state index contributed by atoms with van der Waals surface area (Å²) in [7, 11) is 0. The maximum Gasteiger partial charge on any atom is 0.264 e. The number of halogens is 2. The van der Waals surface area contributed by atoms with Gasteiger partial charge in [-0.3, -0.25) is 14.2 Å². The molecular formula is C23H19Cl2N5O2. The molecule has 0 radical (unpaired) electrons. The van der Waals surface area contributed by atoms with Crippen LogP contribution in [0.1, 0.15) is 25.6 Å². The quantitative estimate of drug-likeness (QED) is 0.392. The van der Waals surface area contributed by atoms with Gasteiger partial charge in [0.15, 0.2) is 5.82 Å². The third-order valence-electron chi connectivity index (χ3n) is 4.91. The van der Waals surface area contributed by atoms with Gasteiger partial charge in [0.1, 0.15) is 5.69 Å². The van der Waals surface area contributed by atoms with Gasteiger partial charge in [0, 0.05) is 18.3 Å². The number of hydrogen-bond acceptors (Lipinski definition) is 5. The Morgan fingerprint density at radius 3 is 2.56 bits per heavy atom. The Balaban J connectivity index is 1.89. The van der Waals surface area contributed by atoms with Gasteiger partial charge < -0.3 is 10.6 Å². The summed E-state index contributed by atoms with van der Waals surface area (Å²) in [6.07, 6.45) is 1.43. The lowest BCUT2D eigenvalue weighted by Crippen LogP contribution is -2.26. The molecule has 0 fully saturated rings. The average Bonchev–Trinajstić information content (AvgIpc) is 2.75. The molecular weight excluding hydrogens is 449 g/mol. The molecule has 1 atom stereocenters. The van der Waals surface area contributed by atoms with E-state index in [2.05, 4.69) is 20.6 Å². The summed E-state index contributed by atoms with van der Waals surface area (Å²) in [4.78, 5) is 33.3. The van der Waals surface area contributed by atoms with Crippen LogP contribution in [0.3, 0.4) is 0 Å². The molecule has 4 aromatic rings. The highest BCUT2D eigenvalue weighted by Crippen LogP contribution is 2.29. The topological polar surface area (TPSA) is 88.9 Å². The number of anilines is 2. The summed E-state index contributed by atoms with van der Waals surface area (Å²) in [6, 6.07) is 16.2. The predicted molar refractivity (Wildman–Crippen MR) is 128 cm³/mol. The van der Waals surface area contributed by atoms with Crippen LogP contribution in [0.15, 0.2) is 65.6 Å². The first-order valence-corrected chi connectivity index (χ1v) is 10.6. The van der Waals surface area contributed by atoms with Crippen LogP contribution >= 0.6 is 23.2 Å². The van der Waals surface area contributed by atoms with E-state index in [9.17, 15) is 9.59 Å². The van der Waals surface area contributed by atoms with E-state index in [-0.39, 0.29) is 16.8 Å². The van der Waals surface area contributed by atoms with E-state index in [0.29, 0.717) is 33.3 Å². The van der Waals surface area contributed by atoms with E-state index < -0.39 is 6.04 Å². The highest BCUT2D eigenvalue weighted by atomic mass is 35.5. The van der Waals surface area contributed by atoms with Crippen LogP contribution in [-0.4, -0.2) is 20.4 Å². The minimum absolute atomic E-state index is 0.0274. The molecule has 2 N–H and O–H groups in total. The minimum Gasteiger partial charge on any atom is -0.360 e. The Labute approximate surface area is 194 Å². The molecule has 32 heavy (non-hydrogen) atoms. The molecule has 0 bridgehead atoms. The largest absolute Gasteiger partial charge is 0.360 e. The van der Waals surface area contributed by atoms with Crippen LogP contribution in [0.25, 0.3) is 16.5 Å². The standard InChI is InChI=1S/C23H19Cl2N5O2/c1-13(27-21-18(28-14(2)31)12-26-23(25)29-21)19-11-15-7-6-10-17(24)20(15)22(32)30(19)16-8-4-3-5-9-16/h3-13H,1-2H3,(H,28,31)(H,26,27,29). The van der Waals surface area contributed by atoms with E-state index in [4.69, 9.17) is 23.2 Å². The molecule has 4 rings (SSSR count). The van der Waals surface area contributed by atoms with Gasteiger partial charge in [0.2, 0.25) is 11.2 Å². The SMILES string of the molecule is CC(=O)Nc1cnc(Cl)nc1NC(C)c1cc2cccc(Cl)c2c(=O)n1-c1ccccc1. The van der Waals surface area contributed by atoms with Crippen molar-refractivity contribution < 1.29 is 4.79 Å². The minimum atomic E-state index is -0.398. The molecule has 0 aliphatic carbocycles. The highest BCUT2D eigenvalue weighted by Gasteiger charge is 2.19. The van der Waals surface area contributed by atoms with E-state index in [0.717, 1.165) is 5.39 Å². The predicted octanol–water partition coefficient (Wildman–Crippen LogP) is 5.22. The zero-order valence-corrected chi connectivity index (χ0v) is 18.8. The number of nitrogens with one attached hydrogen (secondary N) is 2. The van der Waals surface area contributed by atoms with E-state index in [1.54, 1.807) is 16.7 Å². The van der Waals surface area contributed by atoms with Crippen LogP contribution in [0.5, 0.6) is 0 Å². The molecule has 162 valence electrons. The number of pyridine rings is 1. The lowest BCUT2D eigenvalue weighted by molar-refractivity contribution is -0.114. The lowest BCUT2D eigenvalue weighted by atomic mass is 10.1. The number of nitrogens with zero attached hydrogens (tertiary/aromatic N) is 3. The first-order valence-electron chi connectivity index (χ1n) is 9.81. The average molecular weight is 468 g/mol. The van der Waals surface area contributed by atoms with Crippen molar-refractivity contribution in [2.45, 2.75) is 19.9 Å². The first kappa shape index (κ1) is 21.8. The maximum atomic E-state index is 13.5. The Morgan fingerprint density at radius 1 is 1.09 bits per heavy atom. The van der Waals surface area contributed by atoms with Gasteiger partial charge in [-0.2, -0.15) is 4.98 Å². The fourth-order valence-electron chi connectivity index (χ4n) is 3.53. The van der Waals surface area contributed by atoms with Crippen molar-refractivity contribution in [1.82, 2.24) is 14.5 Å². The molecule has 9 heteroatoms. The summed E-state index contributed by atoms with van der Waals surface area (Å²) >= 11 is 12.4. The molecule has 0 saturated heterocycles. The van der Waals surface area contributed by atoms with Gasteiger partial charge >= 0.3 is 0 Å². The molecule has 1 unspecified atom stereocenters. The van der Waals surface area contributed by atoms with Crippen molar-refractivity contribution in [3.63, 3.8) is 0 Å². The normalized spacial score (nSPS) is 11.9. The molecule has 2 aromatic carbocycles. The van der Waals surface area contributed by atoms with Gasteiger partial charge in [0.25, 0.3) is 5.56 Å². The number of carbonyl (C=O) groups is 1. The Hall–Kier alpha value is -3.42. The number of amides is 1. The van der Waals surface area contributed by atoms with Gasteiger partial charge in [-0.1, -0.05) is 41.9 Å². The Kier molecular flexibility index (Phi) is 6.12. The number of benzene rings is 2. The summed E-state index contributed by atoms with van der Waals surface area (Å²) < 4.78 is 1.62. The van der Waals surface area contributed by atoms with Crippen LogP contribution in [0.4, 0.5) is 11.5 Å². The molecule has 0 aliphatic heterocycles. The van der Waals surface area contributed by atoms with Crippen LogP contribution in [0, 0.1) is 0 Å². The summed E-state index contributed by atoms with van der Waals surface area (Å²) in [5, 5.41) is 7.51. The van der Waals surface area contributed by atoms with Gasteiger partial charge in [-0.05, 0) is 48.2 Å². The molecule has 0 saturated carbocycles. The van der Waals surface area contributed by atoms with Crippen LogP contribution < -0.4 is 16.2 Å². The van der Waals surface area contributed by atoms with Gasteiger partial charge in [0.05, 0.1) is 22.6 Å². The zero-order valence-electron chi connectivity index (χ0n) is 17.3. The fourth-order valence-corrected chi connectivity index (χ4v) is 3.93. The summed E-state index contributed by atoms with van der Waals surface area (Å²) in [5.41, 5.74) is 1.53. The van der Waals surface area contributed by atoms with Crippen molar-refractivity contribution in [2.24, 2.45) is 0 Å². The maximum absolute atomic E-state index is 13.5. The van der Waals surface area contributed by atoms with E-state index in [1.807, 2.05) is 49.4 Å². The smallest absolute Gasteiger partial charge is 0.264 e. The summed E-state index contributed by atoms with van der Waals surface area (Å²) in [5.74, 6) is 0.0686. The lowest BCUT2D eigenvalue weighted by Gasteiger charge is -2.22. The van der Waals surface area contributed by atoms with Crippen molar-refractivity contribution >= 4 is 51.4 Å². The van der Waals surface area contributed by atoms with Crippen LogP contribution in [-0.2, 0) is 4.79 Å². The molecule has 2 heterocycles. The second-order valence-corrected chi connectivity index (χ2v) is 7.94. The number of carbonyl (C=O) groups excluding carboxylic acids is 1. The van der Waals surface area contributed by atoms with Crippen molar-refractivity contribution in [3.05, 3.63) is 87.1 Å². The second kappa shape index (κ2) is 8.98. The van der Waals surface area contributed by atoms with Gasteiger partial charge in [-0.15, -0.1) is 0 Å². The number of rotatable bonds is 5. The second-order valence-electron chi connectivity index (χ2n) is 7.20. The number of aromatic nitrogens is 3. The molecule has 0 aliphatic rings. The Bertz CT molecular complexity index is 1370. The zero-order chi connectivity index (χ0) is 22.8. The fraction of sp³-hybridized carbons (Fsp3) is 0.130. The highest BCUT2D eigenvalue weighted by molar-refractivity contribution is 6.35. The van der Waals surface area contributed by atoms with Crippen molar-refractivity contribution in [1.29, 1.82) is 0 Å². The van der Waals surface area contributed by atoms with Crippen LogP contribution in [0.2, 0.25) is 10.3 Å². The molecule has 7 nitrogen and oxygen atoms in total. The third kappa shape index (κ3) is 4.30. The van der Waals surface area contributed by atoms with Crippen molar-refractivity contribution in [2.75, 3.05) is 10.6 Å². The van der Waals surface area contributed by atoms with E-state index in [1.165, 1.54) is 13.1 Å². The first-order chi connectivity index (χ1) is 15.3. The molecule has 1 amide bonds. The molecule has 0 spiro atoms. The molecule has 2 aromatic heterocycles. The third-order valence-corrected chi connectivity index (χ3v) is 5.40. The Morgan fingerprint density at radius 2 is 1.84 bits per heavy atom. The monoisotopic (exact) mass is 467 g/mol. The number of fused-ring (bicyclic) bond motifs is 1. The number of hydrogen-bond donors (Lipinski definition) is 2. The summed E-state index contributed by atoms with van der Waals surface area (Å²) in [6.45, 7) is 3.28. The number of para-hydroxylation sites is 1. The van der Waals surface area contributed by atoms with Crippen molar-refractivity contribution in [3.8, 4) is 5.69 Å². The van der Waals surface area contributed by atoms with Gasteiger partial charge in [-0.25, -0.2) is 4.98 Å². The van der Waals surface area contributed by atoms with E-state index >= 15 is 0 Å².